The summed E-state index contributed by atoms with van der Waals surface area (Å²) in [4.78, 5) is 8.46. The summed E-state index contributed by atoms with van der Waals surface area (Å²) in [5.41, 5.74) is 6.73. The maximum atomic E-state index is 8.66. The minimum atomic E-state index is -0.0721. The average molecular weight is 280 g/mol. The number of hydrogen-bond acceptors (Lipinski definition) is 5. The highest BCUT2D eigenvalue weighted by Crippen LogP contribution is 2.22. The molecule has 3 N–H and O–H groups in total. The number of fused-ring (bicyclic) bond motifs is 1. The number of hydrogen-bond donors (Lipinski definition) is 2. The molecule has 6 heteroatoms. The number of rotatable bonds is 3. The predicted octanol–water partition coefficient (Wildman–Crippen LogP) is 2.52. The first-order chi connectivity index (χ1) is 10.3. The Morgan fingerprint density at radius 1 is 1.14 bits per heavy atom. The number of para-hydroxylation sites is 1. The van der Waals surface area contributed by atoms with Gasteiger partial charge in [-0.15, -0.1) is 0 Å². The Morgan fingerprint density at radius 2 is 2.00 bits per heavy atom. The minimum absolute atomic E-state index is 0.0721. The molecular weight excluding hydrogens is 268 g/mol. The van der Waals surface area contributed by atoms with Gasteiger partial charge in [-0.3, -0.25) is 4.98 Å². The van der Waals surface area contributed by atoms with Crippen LogP contribution in [0.25, 0.3) is 10.9 Å². The third-order valence-electron chi connectivity index (χ3n) is 2.88. The fourth-order valence-corrected chi connectivity index (χ4v) is 1.89. The maximum absolute atomic E-state index is 8.66. The molecule has 0 aliphatic heterocycles. The van der Waals surface area contributed by atoms with E-state index in [1.807, 2.05) is 30.3 Å². The number of nitrogens with zero attached hydrogens (tertiary/aromatic N) is 3. The van der Waals surface area contributed by atoms with E-state index >= 15 is 0 Å². The molecule has 0 spiro atoms. The molecule has 0 radical (unpaired) electrons. The molecule has 0 atom stereocenters. The summed E-state index contributed by atoms with van der Waals surface area (Å²) in [6, 6.07) is 14.6. The van der Waals surface area contributed by atoms with Crippen molar-refractivity contribution in [1.82, 2.24) is 9.97 Å². The maximum Gasteiger partial charge on any atom is 0.219 e. The van der Waals surface area contributed by atoms with Crippen LogP contribution in [0.4, 0.5) is 0 Å². The molecule has 3 aromatic rings. The summed E-state index contributed by atoms with van der Waals surface area (Å²) >= 11 is 0. The van der Waals surface area contributed by atoms with Gasteiger partial charge in [-0.25, -0.2) is 4.98 Å². The SMILES string of the molecule is N/C(=N/O)c1cccc(Oc2cnc3ccccc3c2)n1. The van der Waals surface area contributed by atoms with Gasteiger partial charge >= 0.3 is 0 Å². The Morgan fingerprint density at radius 3 is 2.86 bits per heavy atom. The van der Waals surface area contributed by atoms with Crippen LogP contribution in [0.15, 0.2) is 59.9 Å². The van der Waals surface area contributed by atoms with Crippen LogP contribution in [0.1, 0.15) is 5.69 Å². The lowest BCUT2D eigenvalue weighted by Crippen LogP contribution is -2.14. The summed E-state index contributed by atoms with van der Waals surface area (Å²) in [6.07, 6.45) is 1.63. The zero-order valence-corrected chi connectivity index (χ0v) is 11.0. The van der Waals surface area contributed by atoms with E-state index in [9.17, 15) is 0 Å². The molecule has 0 bridgehead atoms. The largest absolute Gasteiger partial charge is 0.437 e. The number of aromatic nitrogens is 2. The molecule has 2 heterocycles. The van der Waals surface area contributed by atoms with E-state index in [1.165, 1.54) is 0 Å². The van der Waals surface area contributed by atoms with Crippen molar-refractivity contribution < 1.29 is 9.94 Å². The van der Waals surface area contributed by atoms with Crippen molar-refractivity contribution in [2.24, 2.45) is 10.9 Å². The summed E-state index contributed by atoms with van der Waals surface area (Å²) < 4.78 is 5.66. The van der Waals surface area contributed by atoms with Crippen molar-refractivity contribution in [1.29, 1.82) is 0 Å². The summed E-state index contributed by atoms with van der Waals surface area (Å²) in [6.45, 7) is 0. The van der Waals surface area contributed by atoms with Crippen molar-refractivity contribution in [2.45, 2.75) is 0 Å². The first kappa shape index (κ1) is 12.9. The molecular formula is C15H12N4O2. The van der Waals surface area contributed by atoms with Crippen molar-refractivity contribution >= 4 is 16.7 Å². The molecule has 2 aromatic heterocycles. The van der Waals surface area contributed by atoms with E-state index in [0.29, 0.717) is 17.3 Å². The van der Waals surface area contributed by atoms with Gasteiger partial charge in [-0.05, 0) is 18.2 Å². The fourth-order valence-electron chi connectivity index (χ4n) is 1.89. The lowest BCUT2D eigenvalue weighted by Gasteiger charge is -2.06. The van der Waals surface area contributed by atoms with Gasteiger partial charge in [0, 0.05) is 11.5 Å². The molecule has 0 amide bonds. The molecule has 21 heavy (non-hydrogen) atoms. The van der Waals surface area contributed by atoms with E-state index < -0.39 is 0 Å². The van der Waals surface area contributed by atoms with Crippen LogP contribution < -0.4 is 10.5 Å². The van der Waals surface area contributed by atoms with E-state index in [-0.39, 0.29) is 5.84 Å². The van der Waals surface area contributed by atoms with Crippen LogP contribution in [0.5, 0.6) is 11.6 Å². The zero-order chi connectivity index (χ0) is 14.7. The Balaban J connectivity index is 1.91. The third kappa shape index (κ3) is 2.74. The number of ether oxygens (including phenoxy) is 1. The molecule has 0 saturated heterocycles. The summed E-state index contributed by atoms with van der Waals surface area (Å²) in [5, 5.41) is 12.5. The molecule has 0 fully saturated rings. The first-order valence-corrected chi connectivity index (χ1v) is 6.24. The highest BCUT2D eigenvalue weighted by atomic mass is 16.5. The van der Waals surface area contributed by atoms with Gasteiger partial charge < -0.3 is 15.7 Å². The van der Waals surface area contributed by atoms with Crippen LogP contribution in [-0.2, 0) is 0 Å². The van der Waals surface area contributed by atoms with Crippen molar-refractivity contribution in [3.8, 4) is 11.6 Å². The Labute approximate surface area is 120 Å². The minimum Gasteiger partial charge on any atom is -0.437 e. The van der Waals surface area contributed by atoms with Crippen molar-refractivity contribution in [3.63, 3.8) is 0 Å². The van der Waals surface area contributed by atoms with Gasteiger partial charge in [-0.2, -0.15) is 0 Å². The molecule has 6 nitrogen and oxygen atoms in total. The third-order valence-corrected chi connectivity index (χ3v) is 2.88. The monoisotopic (exact) mass is 280 g/mol. The first-order valence-electron chi connectivity index (χ1n) is 6.24. The Hall–Kier alpha value is -3.15. The second kappa shape index (κ2) is 5.46. The van der Waals surface area contributed by atoms with Crippen LogP contribution in [0, 0.1) is 0 Å². The average Bonchev–Trinajstić information content (AvgIpc) is 2.54. The van der Waals surface area contributed by atoms with E-state index in [2.05, 4.69) is 15.1 Å². The standard InChI is InChI=1S/C15H12N4O2/c16-15(19-20)13-6-3-7-14(18-13)21-11-8-10-4-1-2-5-12(10)17-9-11/h1-9,20H,(H2,16,19). The lowest BCUT2D eigenvalue weighted by molar-refractivity contribution is 0.318. The smallest absolute Gasteiger partial charge is 0.219 e. The van der Waals surface area contributed by atoms with Crippen LogP contribution in [0.2, 0.25) is 0 Å². The summed E-state index contributed by atoms with van der Waals surface area (Å²) in [5.74, 6) is 0.839. The van der Waals surface area contributed by atoms with Gasteiger partial charge in [0.05, 0.1) is 11.7 Å². The Kier molecular flexibility index (Phi) is 3.34. The van der Waals surface area contributed by atoms with E-state index in [1.54, 1.807) is 24.4 Å². The Bertz CT molecular complexity index is 817. The highest BCUT2D eigenvalue weighted by Gasteiger charge is 2.05. The van der Waals surface area contributed by atoms with Crippen LogP contribution in [-0.4, -0.2) is 21.0 Å². The van der Waals surface area contributed by atoms with E-state index in [0.717, 1.165) is 10.9 Å². The summed E-state index contributed by atoms with van der Waals surface area (Å²) in [7, 11) is 0. The topological polar surface area (TPSA) is 93.6 Å². The number of pyridine rings is 2. The second-order valence-corrected chi connectivity index (χ2v) is 4.31. The molecule has 0 saturated carbocycles. The number of amidine groups is 1. The van der Waals surface area contributed by atoms with Gasteiger partial charge in [0.15, 0.2) is 5.84 Å². The zero-order valence-electron chi connectivity index (χ0n) is 11.0. The van der Waals surface area contributed by atoms with Crippen LogP contribution >= 0.6 is 0 Å². The lowest BCUT2D eigenvalue weighted by atomic mass is 10.2. The van der Waals surface area contributed by atoms with Gasteiger partial charge in [0.1, 0.15) is 11.4 Å². The van der Waals surface area contributed by atoms with Crippen molar-refractivity contribution in [3.05, 3.63) is 60.4 Å². The number of nitrogens with two attached hydrogens (primary N) is 1. The quantitative estimate of drug-likeness (QED) is 0.333. The van der Waals surface area contributed by atoms with Gasteiger partial charge in [0.2, 0.25) is 5.88 Å². The van der Waals surface area contributed by atoms with Gasteiger partial charge in [-0.1, -0.05) is 29.4 Å². The second-order valence-electron chi connectivity index (χ2n) is 4.31. The molecule has 0 unspecified atom stereocenters. The number of benzene rings is 1. The molecule has 1 aromatic carbocycles. The number of oxime groups is 1. The molecule has 0 aliphatic rings. The molecule has 3 rings (SSSR count). The predicted molar refractivity (Wildman–Crippen MR) is 78.6 cm³/mol. The van der Waals surface area contributed by atoms with Crippen molar-refractivity contribution in [2.75, 3.05) is 0 Å². The highest BCUT2D eigenvalue weighted by molar-refractivity contribution is 5.95. The molecule has 0 aliphatic carbocycles. The normalized spacial score (nSPS) is 11.5. The van der Waals surface area contributed by atoms with E-state index in [4.69, 9.17) is 15.7 Å². The fraction of sp³-hybridized carbons (Fsp3) is 0. The molecule has 104 valence electrons. The van der Waals surface area contributed by atoms with Crippen LogP contribution in [0.3, 0.4) is 0 Å². The van der Waals surface area contributed by atoms with Gasteiger partial charge in [0.25, 0.3) is 0 Å².